The van der Waals surface area contributed by atoms with E-state index in [9.17, 15) is 4.79 Å². The number of pyridine rings is 1. The fourth-order valence-electron chi connectivity index (χ4n) is 1.29. The lowest BCUT2D eigenvalue weighted by molar-refractivity contribution is 0.112. The predicted molar refractivity (Wildman–Crippen MR) is 62.7 cm³/mol. The molecule has 1 aromatic carbocycles. The Morgan fingerprint density at radius 3 is 2.29 bits per heavy atom. The van der Waals surface area contributed by atoms with Gasteiger partial charge in [0.15, 0.2) is 6.29 Å². The van der Waals surface area contributed by atoms with Gasteiger partial charge >= 0.3 is 0 Å². The molecule has 17 heavy (non-hydrogen) atoms. The fourth-order valence-corrected chi connectivity index (χ4v) is 1.29. The lowest BCUT2D eigenvalue weighted by Crippen LogP contribution is -1.89. The highest BCUT2D eigenvalue weighted by molar-refractivity contribution is 5.74. The quantitative estimate of drug-likeness (QED) is 0.756. The average Bonchev–Trinajstić information content (AvgIpc) is 2.40. The summed E-state index contributed by atoms with van der Waals surface area (Å²) in [7, 11) is 1.61. The van der Waals surface area contributed by atoms with E-state index < -0.39 is 0 Å². The Kier molecular flexibility index (Phi) is 3.35. The second-order valence-electron chi connectivity index (χ2n) is 3.33. The molecule has 0 aliphatic rings. The van der Waals surface area contributed by atoms with Crippen molar-refractivity contribution in [1.82, 2.24) is 4.98 Å². The predicted octanol–water partition coefficient (Wildman–Crippen LogP) is 2.70. The molecule has 4 nitrogen and oxygen atoms in total. The minimum Gasteiger partial charge on any atom is -0.497 e. The molecule has 2 rings (SSSR count). The zero-order chi connectivity index (χ0) is 12.1. The third-order valence-corrected chi connectivity index (χ3v) is 2.18. The van der Waals surface area contributed by atoms with Gasteiger partial charge in [0.1, 0.15) is 11.5 Å². The highest BCUT2D eigenvalue weighted by atomic mass is 16.5. The summed E-state index contributed by atoms with van der Waals surface area (Å²) in [6, 6.07) is 10.5. The Morgan fingerprint density at radius 2 is 1.76 bits per heavy atom. The molecule has 2 aromatic rings. The van der Waals surface area contributed by atoms with Crippen molar-refractivity contribution < 1.29 is 14.3 Å². The molecule has 0 aliphatic carbocycles. The van der Waals surface area contributed by atoms with Gasteiger partial charge in [-0.25, -0.2) is 4.98 Å². The Hall–Kier alpha value is -2.36. The van der Waals surface area contributed by atoms with Crippen molar-refractivity contribution in [2.75, 3.05) is 7.11 Å². The number of hydrogen-bond acceptors (Lipinski definition) is 4. The van der Waals surface area contributed by atoms with Crippen molar-refractivity contribution >= 4 is 6.29 Å². The number of methoxy groups -OCH3 is 1. The first kappa shape index (κ1) is 11.1. The summed E-state index contributed by atoms with van der Waals surface area (Å²) < 4.78 is 10.5. The van der Waals surface area contributed by atoms with Gasteiger partial charge in [0, 0.05) is 17.8 Å². The maximum absolute atomic E-state index is 10.5. The summed E-state index contributed by atoms with van der Waals surface area (Å²) in [4.78, 5) is 14.5. The van der Waals surface area contributed by atoms with E-state index >= 15 is 0 Å². The molecule has 86 valence electrons. The van der Waals surface area contributed by atoms with Gasteiger partial charge < -0.3 is 9.47 Å². The fraction of sp³-hybridized carbons (Fsp3) is 0.0769. The van der Waals surface area contributed by atoms with E-state index in [1.165, 1.54) is 6.20 Å². The van der Waals surface area contributed by atoms with Gasteiger partial charge in [-0.3, -0.25) is 4.79 Å². The van der Waals surface area contributed by atoms with E-state index in [0.29, 0.717) is 17.2 Å². The van der Waals surface area contributed by atoms with Crippen LogP contribution < -0.4 is 9.47 Å². The van der Waals surface area contributed by atoms with Crippen molar-refractivity contribution in [3.05, 3.63) is 48.2 Å². The average molecular weight is 229 g/mol. The third-order valence-electron chi connectivity index (χ3n) is 2.18. The Balaban J connectivity index is 2.10. The lowest BCUT2D eigenvalue weighted by atomic mass is 10.3. The molecule has 0 unspecified atom stereocenters. The van der Waals surface area contributed by atoms with Gasteiger partial charge in [0.25, 0.3) is 0 Å². The van der Waals surface area contributed by atoms with Crippen molar-refractivity contribution in [2.45, 2.75) is 0 Å². The van der Waals surface area contributed by atoms with E-state index in [-0.39, 0.29) is 0 Å². The van der Waals surface area contributed by atoms with E-state index in [4.69, 9.17) is 9.47 Å². The Morgan fingerprint density at radius 1 is 1.06 bits per heavy atom. The number of benzene rings is 1. The van der Waals surface area contributed by atoms with Crippen LogP contribution in [0, 0.1) is 0 Å². The maximum Gasteiger partial charge on any atom is 0.219 e. The first-order valence-electron chi connectivity index (χ1n) is 5.05. The topological polar surface area (TPSA) is 48.4 Å². The SMILES string of the molecule is COc1ccc(Oc2ccc(C=O)cn2)cc1. The highest BCUT2D eigenvalue weighted by Crippen LogP contribution is 2.22. The number of aldehydes is 1. The molecule has 0 saturated heterocycles. The van der Waals surface area contributed by atoms with Gasteiger partial charge in [-0.2, -0.15) is 0 Å². The lowest BCUT2D eigenvalue weighted by Gasteiger charge is -2.05. The van der Waals surface area contributed by atoms with Crippen molar-refractivity contribution in [3.63, 3.8) is 0 Å². The monoisotopic (exact) mass is 229 g/mol. The zero-order valence-corrected chi connectivity index (χ0v) is 9.29. The molecule has 4 heteroatoms. The molecule has 0 spiro atoms. The largest absolute Gasteiger partial charge is 0.497 e. The van der Waals surface area contributed by atoms with Gasteiger partial charge in [-0.15, -0.1) is 0 Å². The maximum atomic E-state index is 10.5. The van der Waals surface area contributed by atoms with Crippen molar-refractivity contribution in [3.8, 4) is 17.4 Å². The molecule has 0 amide bonds. The minimum atomic E-state index is 0.445. The van der Waals surface area contributed by atoms with Crippen LogP contribution in [-0.4, -0.2) is 18.4 Å². The summed E-state index contributed by atoms with van der Waals surface area (Å²) in [5, 5.41) is 0. The van der Waals surface area contributed by atoms with Crippen LogP contribution in [0.25, 0.3) is 0 Å². The summed E-state index contributed by atoms with van der Waals surface area (Å²) in [5.74, 6) is 1.87. The van der Waals surface area contributed by atoms with E-state index in [2.05, 4.69) is 4.98 Å². The summed E-state index contributed by atoms with van der Waals surface area (Å²) in [5.41, 5.74) is 0.520. The summed E-state index contributed by atoms with van der Waals surface area (Å²) in [6.07, 6.45) is 2.20. The summed E-state index contributed by atoms with van der Waals surface area (Å²) in [6.45, 7) is 0. The van der Waals surface area contributed by atoms with E-state index in [1.807, 2.05) is 0 Å². The second kappa shape index (κ2) is 5.12. The molecule has 0 radical (unpaired) electrons. The van der Waals surface area contributed by atoms with Crippen LogP contribution in [-0.2, 0) is 0 Å². The summed E-state index contributed by atoms with van der Waals surface area (Å²) >= 11 is 0. The molecule has 1 heterocycles. The van der Waals surface area contributed by atoms with Gasteiger partial charge in [0.2, 0.25) is 5.88 Å². The van der Waals surface area contributed by atoms with Crippen molar-refractivity contribution in [2.24, 2.45) is 0 Å². The number of aromatic nitrogens is 1. The Labute approximate surface area is 98.8 Å². The standard InChI is InChI=1S/C13H11NO3/c1-16-11-3-5-12(6-4-11)17-13-7-2-10(9-15)8-14-13/h2-9H,1H3. The van der Waals surface area contributed by atoms with Crippen LogP contribution in [0.2, 0.25) is 0 Å². The van der Waals surface area contributed by atoms with Crippen LogP contribution in [0.4, 0.5) is 0 Å². The number of rotatable bonds is 4. The number of carbonyl (C=O) groups is 1. The first-order chi connectivity index (χ1) is 8.31. The van der Waals surface area contributed by atoms with Crippen LogP contribution in [0.15, 0.2) is 42.6 Å². The third kappa shape index (κ3) is 2.81. The second-order valence-corrected chi connectivity index (χ2v) is 3.33. The molecule has 0 aliphatic heterocycles. The number of carbonyl (C=O) groups excluding carboxylic acids is 1. The molecular formula is C13H11NO3. The van der Waals surface area contributed by atoms with Crippen LogP contribution >= 0.6 is 0 Å². The normalized spacial score (nSPS) is 9.71. The highest BCUT2D eigenvalue weighted by Gasteiger charge is 1.99. The zero-order valence-electron chi connectivity index (χ0n) is 9.29. The number of hydrogen-bond donors (Lipinski definition) is 0. The van der Waals surface area contributed by atoms with Gasteiger partial charge in [-0.1, -0.05) is 0 Å². The molecule has 0 atom stereocenters. The minimum absolute atomic E-state index is 0.445. The van der Waals surface area contributed by atoms with Gasteiger partial charge in [0.05, 0.1) is 7.11 Å². The van der Waals surface area contributed by atoms with E-state index in [1.54, 1.807) is 43.5 Å². The first-order valence-corrected chi connectivity index (χ1v) is 5.05. The molecule has 1 aromatic heterocycles. The van der Waals surface area contributed by atoms with Crippen LogP contribution in [0.5, 0.6) is 17.4 Å². The molecule has 0 N–H and O–H groups in total. The van der Waals surface area contributed by atoms with Crippen molar-refractivity contribution in [1.29, 1.82) is 0 Å². The molecule has 0 saturated carbocycles. The number of ether oxygens (including phenoxy) is 2. The smallest absolute Gasteiger partial charge is 0.219 e. The number of nitrogens with zero attached hydrogens (tertiary/aromatic N) is 1. The van der Waals surface area contributed by atoms with Gasteiger partial charge in [-0.05, 0) is 30.3 Å². The van der Waals surface area contributed by atoms with Crippen LogP contribution in [0.3, 0.4) is 0 Å². The molecular weight excluding hydrogens is 218 g/mol. The molecule has 0 bridgehead atoms. The van der Waals surface area contributed by atoms with E-state index in [0.717, 1.165) is 12.0 Å². The Bertz CT molecular complexity index is 491. The van der Waals surface area contributed by atoms with Crippen LogP contribution in [0.1, 0.15) is 10.4 Å². The molecule has 0 fully saturated rings.